The molecule has 18 heavy (non-hydrogen) atoms. The van der Waals surface area contributed by atoms with Crippen LogP contribution in [0.5, 0.6) is 0 Å². The average Bonchev–Trinajstić information content (AvgIpc) is 2.34. The average molecular weight is 253 g/mol. The molecular formula is C14H20FNO2. The topological polar surface area (TPSA) is 38.3 Å². The first kappa shape index (κ1) is 14.6. The molecule has 0 spiro atoms. The maximum atomic E-state index is 13.3. The van der Waals surface area contributed by atoms with Gasteiger partial charge >= 0.3 is 5.97 Å². The third-order valence-electron chi connectivity index (χ3n) is 2.51. The number of carbonyl (C=O) groups excluding carboxylic acids is 1. The fourth-order valence-electron chi connectivity index (χ4n) is 1.46. The first-order valence-electron chi connectivity index (χ1n) is 6.13. The van der Waals surface area contributed by atoms with Crippen LogP contribution in [0.4, 0.5) is 4.39 Å². The van der Waals surface area contributed by atoms with Crippen LogP contribution < -0.4 is 5.32 Å². The maximum absolute atomic E-state index is 13.3. The molecule has 0 saturated heterocycles. The number of halogens is 1. The van der Waals surface area contributed by atoms with Crippen LogP contribution in [-0.2, 0) is 4.74 Å². The van der Waals surface area contributed by atoms with Crippen LogP contribution in [0.15, 0.2) is 24.3 Å². The molecule has 0 aliphatic heterocycles. The molecule has 1 aromatic rings. The van der Waals surface area contributed by atoms with E-state index in [1.54, 1.807) is 12.1 Å². The summed E-state index contributed by atoms with van der Waals surface area (Å²) in [6.07, 6.45) is 1.00. The Morgan fingerprint density at radius 1 is 1.39 bits per heavy atom. The second-order valence-corrected chi connectivity index (χ2v) is 4.87. The molecule has 0 amide bonds. The van der Waals surface area contributed by atoms with Gasteiger partial charge in [-0.1, -0.05) is 19.1 Å². The summed E-state index contributed by atoms with van der Waals surface area (Å²) in [6.45, 7) is 7.01. The largest absolute Gasteiger partial charge is 0.460 e. The second-order valence-electron chi connectivity index (χ2n) is 4.87. The van der Waals surface area contributed by atoms with Crippen molar-refractivity contribution in [2.24, 2.45) is 0 Å². The van der Waals surface area contributed by atoms with Crippen molar-refractivity contribution in [1.82, 2.24) is 5.32 Å². The van der Waals surface area contributed by atoms with Gasteiger partial charge in [0.1, 0.15) is 12.4 Å². The third-order valence-corrected chi connectivity index (χ3v) is 2.51. The number of rotatable bonds is 6. The summed E-state index contributed by atoms with van der Waals surface area (Å²) in [5, 5.41) is 3.26. The number of nitrogens with one attached hydrogen (secondary N) is 1. The summed E-state index contributed by atoms with van der Waals surface area (Å²) in [7, 11) is 0. The van der Waals surface area contributed by atoms with E-state index in [0.29, 0.717) is 0 Å². The van der Waals surface area contributed by atoms with E-state index in [1.165, 1.54) is 12.1 Å². The Balaban J connectivity index is 2.54. The Morgan fingerprint density at radius 2 is 2.06 bits per heavy atom. The number of hydrogen-bond donors (Lipinski definition) is 1. The number of benzene rings is 1. The number of carbonyl (C=O) groups is 1. The Labute approximate surface area is 107 Å². The molecule has 0 aliphatic carbocycles. The van der Waals surface area contributed by atoms with Crippen molar-refractivity contribution >= 4 is 5.97 Å². The van der Waals surface area contributed by atoms with Gasteiger partial charge in [-0.2, -0.15) is 0 Å². The minimum Gasteiger partial charge on any atom is -0.460 e. The molecule has 1 N–H and O–H groups in total. The molecule has 0 aromatic heterocycles. The lowest BCUT2D eigenvalue weighted by Crippen LogP contribution is -2.44. The van der Waals surface area contributed by atoms with Gasteiger partial charge in [0.15, 0.2) is 0 Å². The van der Waals surface area contributed by atoms with Gasteiger partial charge < -0.3 is 10.1 Å². The van der Waals surface area contributed by atoms with Crippen LogP contribution in [0.2, 0.25) is 0 Å². The first-order valence-corrected chi connectivity index (χ1v) is 6.13. The molecule has 0 bridgehead atoms. The molecule has 0 atom stereocenters. The van der Waals surface area contributed by atoms with Crippen LogP contribution >= 0.6 is 0 Å². The summed E-state index contributed by atoms with van der Waals surface area (Å²) < 4.78 is 18.5. The van der Waals surface area contributed by atoms with Crippen molar-refractivity contribution < 1.29 is 13.9 Å². The summed E-state index contributed by atoms with van der Waals surface area (Å²) in [5.74, 6) is -1.18. The summed E-state index contributed by atoms with van der Waals surface area (Å²) in [4.78, 5) is 11.7. The van der Waals surface area contributed by atoms with Gasteiger partial charge in [0, 0.05) is 5.54 Å². The van der Waals surface area contributed by atoms with Crippen molar-refractivity contribution in [2.45, 2.75) is 32.7 Å². The standard InChI is InChI=1S/C14H20FNO2/c1-4-9-16-14(2,3)10-18-13(17)11-7-5-6-8-12(11)15/h5-8,16H,4,9-10H2,1-3H3. The molecule has 100 valence electrons. The molecule has 0 radical (unpaired) electrons. The lowest BCUT2D eigenvalue weighted by atomic mass is 10.1. The molecular weight excluding hydrogens is 233 g/mol. The number of hydrogen-bond acceptors (Lipinski definition) is 3. The summed E-state index contributed by atoms with van der Waals surface area (Å²) >= 11 is 0. The highest BCUT2D eigenvalue weighted by molar-refractivity contribution is 5.89. The van der Waals surface area contributed by atoms with E-state index in [4.69, 9.17) is 4.74 Å². The van der Waals surface area contributed by atoms with E-state index in [0.717, 1.165) is 13.0 Å². The van der Waals surface area contributed by atoms with Crippen LogP contribution in [0.1, 0.15) is 37.6 Å². The van der Waals surface area contributed by atoms with Crippen LogP contribution in [0.3, 0.4) is 0 Å². The lowest BCUT2D eigenvalue weighted by molar-refractivity contribution is 0.0396. The van der Waals surface area contributed by atoms with Gasteiger partial charge in [-0.05, 0) is 38.9 Å². The van der Waals surface area contributed by atoms with E-state index in [9.17, 15) is 9.18 Å². The third kappa shape index (κ3) is 4.45. The predicted octanol–water partition coefficient (Wildman–Crippen LogP) is 2.76. The lowest BCUT2D eigenvalue weighted by Gasteiger charge is -2.25. The minimum absolute atomic E-state index is 0.0243. The quantitative estimate of drug-likeness (QED) is 0.792. The minimum atomic E-state index is -0.625. The Bertz CT molecular complexity index is 405. The normalized spacial score (nSPS) is 11.3. The van der Waals surface area contributed by atoms with Gasteiger partial charge in [0.05, 0.1) is 5.56 Å². The fourth-order valence-corrected chi connectivity index (χ4v) is 1.46. The van der Waals surface area contributed by atoms with E-state index in [2.05, 4.69) is 12.2 Å². The highest BCUT2D eigenvalue weighted by atomic mass is 19.1. The fraction of sp³-hybridized carbons (Fsp3) is 0.500. The molecule has 1 aromatic carbocycles. The predicted molar refractivity (Wildman–Crippen MR) is 69.1 cm³/mol. The molecule has 0 fully saturated rings. The maximum Gasteiger partial charge on any atom is 0.341 e. The molecule has 0 heterocycles. The van der Waals surface area contributed by atoms with Crippen molar-refractivity contribution in [3.05, 3.63) is 35.6 Å². The van der Waals surface area contributed by atoms with Crippen LogP contribution in [0.25, 0.3) is 0 Å². The van der Waals surface area contributed by atoms with Gasteiger partial charge in [-0.3, -0.25) is 0 Å². The van der Waals surface area contributed by atoms with E-state index >= 15 is 0 Å². The summed E-state index contributed by atoms with van der Waals surface area (Å²) in [6, 6.07) is 5.82. The molecule has 3 nitrogen and oxygen atoms in total. The zero-order valence-corrected chi connectivity index (χ0v) is 11.1. The van der Waals surface area contributed by atoms with Gasteiger partial charge in [-0.25, -0.2) is 9.18 Å². The van der Waals surface area contributed by atoms with Crippen LogP contribution in [0, 0.1) is 5.82 Å². The van der Waals surface area contributed by atoms with E-state index in [1.807, 2.05) is 13.8 Å². The highest BCUT2D eigenvalue weighted by Gasteiger charge is 2.20. The Hall–Kier alpha value is -1.42. The van der Waals surface area contributed by atoms with Crippen molar-refractivity contribution in [2.75, 3.05) is 13.2 Å². The molecule has 1 rings (SSSR count). The SMILES string of the molecule is CCCNC(C)(C)COC(=O)c1ccccc1F. The van der Waals surface area contributed by atoms with Crippen molar-refractivity contribution in [3.63, 3.8) is 0 Å². The number of ether oxygens (including phenoxy) is 1. The zero-order valence-electron chi connectivity index (χ0n) is 11.1. The monoisotopic (exact) mass is 253 g/mol. The smallest absolute Gasteiger partial charge is 0.341 e. The molecule has 0 unspecified atom stereocenters. The van der Waals surface area contributed by atoms with Gasteiger partial charge in [0.25, 0.3) is 0 Å². The first-order chi connectivity index (χ1) is 8.46. The van der Waals surface area contributed by atoms with E-state index < -0.39 is 11.8 Å². The van der Waals surface area contributed by atoms with Gasteiger partial charge in [-0.15, -0.1) is 0 Å². The highest BCUT2D eigenvalue weighted by Crippen LogP contribution is 2.10. The summed E-state index contributed by atoms with van der Waals surface area (Å²) in [5.41, 5.74) is -0.333. The van der Waals surface area contributed by atoms with Crippen molar-refractivity contribution in [3.8, 4) is 0 Å². The van der Waals surface area contributed by atoms with E-state index in [-0.39, 0.29) is 17.7 Å². The number of esters is 1. The second kappa shape index (κ2) is 6.50. The molecule has 0 saturated carbocycles. The van der Waals surface area contributed by atoms with Gasteiger partial charge in [0.2, 0.25) is 0 Å². The Kier molecular flexibility index (Phi) is 5.28. The van der Waals surface area contributed by atoms with Crippen LogP contribution in [-0.4, -0.2) is 24.7 Å². The zero-order chi connectivity index (χ0) is 13.6. The molecule has 0 aliphatic rings. The van der Waals surface area contributed by atoms with Crippen molar-refractivity contribution in [1.29, 1.82) is 0 Å². The molecule has 4 heteroatoms. The Morgan fingerprint density at radius 3 is 2.67 bits per heavy atom.